The summed E-state index contributed by atoms with van der Waals surface area (Å²) < 4.78 is 3.28. The normalized spacial score (nSPS) is 11.1. The van der Waals surface area contributed by atoms with Crippen LogP contribution in [0.2, 0.25) is 0 Å². The highest BCUT2D eigenvalue weighted by Crippen LogP contribution is 2.24. The predicted molar refractivity (Wildman–Crippen MR) is 84.0 cm³/mol. The number of nitrogens with zero attached hydrogens (tertiary/aromatic N) is 2. The van der Waals surface area contributed by atoms with Crippen molar-refractivity contribution in [3.05, 3.63) is 51.2 Å². The van der Waals surface area contributed by atoms with Gasteiger partial charge in [0.25, 0.3) is 0 Å². The highest BCUT2D eigenvalue weighted by Gasteiger charge is 2.09. The van der Waals surface area contributed by atoms with E-state index in [2.05, 4.69) is 68.2 Å². The molecule has 2 heterocycles. The zero-order valence-electron chi connectivity index (χ0n) is 10.8. The predicted octanol–water partition coefficient (Wildman–Crippen LogP) is 4.39. The zero-order valence-corrected chi connectivity index (χ0v) is 13.2. The molecule has 3 nitrogen and oxygen atoms in total. The van der Waals surface area contributed by atoms with E-state index in [0.717, 1.165) is 27.4 Å². The molecule has 3 aromatic rings. The third-order valence-electron chi connectivity index (χ3n) is 3.28. The molecule has 0 saturated carbocycles. The van der Waals surface area contributed by atoms with Crippen LogP contribution in [0, 0.1) is 13.8 Å². The average molecular weight is 336 g/mol. The third-order valence-corrected chi connectivity index (χ3v) is 4.89. The lowest BCUT2D eigenvalue weighted by Crippen LogP contribution is -2.04. The highest BCUT2D eigenvalue weighted by atomic mass is 79.9. The number of aromatic nitrogens is 2. The van der Waals surface area contributed by atoms with E-state index in [4.69, 9.17) is 0 Å². The summed E-state index contributed by atoms with van der Waals surface area (Å²) in [5, 5.41) is 5.56. The summed E-state index contributed by atoms with van der Waals surface area (Å²) in [4.78, 5) is 5.61. The standard InChI is InChI=1S/C14H14BrN3S/c1-9-11(15)4-3-5-12(9)16-8-13-10(2)17-14-18(13)6-7-19-14/h3-7,16H,8H2,1-2H3. The van der Waals surface area contributed by atoms with E-state index in [1.807, 2.05) is 6.07 Å². The van der Waals surface area contributed by atoms with E-state index in [0.29, 0.717) is 0 Å². The van der Waals surface area contributed by atoms with Crippen molar-refractivity contribution in [2.24, 2.45) is 0 Å². The number of fused-ring (bicyclic) bond motifs is 1. The second kappa shape index (κ2) is 4.98. The van der Waals surface area contributed by atoms with Crippen LogP contribution >= 0.6 is 27.3 Å². The Hall–Kier alpha value is -1.33. The fraction of sp³-hybridized carbons (Fsp3) is 0.214. The first-order valence-electron chi connectivity index (χ1n) is 6.07. The number of imidazole rings is 1. The highest BCUT2D eigenvalue weighted by molar-refractivity contribution is 9.10. The Morgan fingerprint density at radius 3 is 3.05 bits per heavy atom. The van der Waals surface area contributed by atoms with E-state index in [-0.39, 0.29) is 0 Å². The van der Waals surface area contributed by atoms with Crippen LogP contribution in [0.3, 0.4) is 0 Å². The number of rotatable bonds is 3. The fourth-order valence-electron chi connectivity index (χ4n) is 2.13. The van der Waals surface area contributed by atoms with Gasteiger partial charge in [0.2, 0.25) is 0 Å². The quantitative estimate of drug-likeness (QED) is 0.769. The van der Waals surface area contributed by atoms with Crippen LogP contribution in [0.5, 0.6) is 0 Å². The maximum atomic E-state index is 4.56. The summed E-state index contributed by atoms with van der Waals surface area (Å²) in [6.07, 6.45) is 2.07. The Labute approximate surface area is 124 Å². The molecule has 3 rings (SSSR count). The molecule has 0 atom stereocenters. The first-order chi connectivity index (χ1) is 9.16. The van der Waals surface area contributed by atoms with Crippen molar-refractivity contribution in [1.29, 1.82) is 0 Å². The van der Waals surface area contributed by atoms with Gasteiger partial charge in [0.05, 0.1) is 17.9 Å². The molecule has 98 valence electrons. The molecule has 1 aromatic carbocycles. The zero-order chi connectivity index (χ0) is 13.4. The molecule has 19 heavy (non-hydrogen) atoms. The average Bonchev–Trinajstić information content (AvgIpc) is 2.93. The molecule has 0 aliphatic heterocycles. The van der Waals surface area contributed by atoms with E-state index in [9.17, 15) is 0 Å². The van der Waals surface area contributed by atoms with E-state index in [1.165, 1.54) is 11.3 Å². The molecule has 0 spiro atoms. The largest absolute Gasteiger partial charge is 0.379 e. The van der Waals surface area contributed by atoms with Crippen LogP contribution in [-0.4, -0.2) is 9.38 Å². The van der Waals surface area contributed by atoms with Crippen LogP contribution in [0.25, 0.3) is 4.96 Å². The Bertz CT molecular complexity index is 729. The van der Waals surface area contributed by atoms with Gasteiger partial charge < -0.3 is 5.32 Å². The molecular weight excluding hydrogens is 322 g/mol. The Kier molecular flexibility index (Phi) is 3.33. The third kappa shape index (κ3) is 2.28. The number of nitrogens with one attached hydrogen (secondary N) is 1. The summed E-state index contributed by atoms with van der Waals surface area (Å²) in [5.74, 6) is 0. The van der Waals surface area contributed by atoms with Gasteiger partial charge in [-0.3, -0.25) is 4.40 Å². The van der Waals surface area contributed by atoms with Crippen molar-refractivity contribution in [1.82, 2.24) is 9.38 Å². The lowest BCUT2D eigenvalue weighted by Gasteiger charge is -2.10. The van der Waals surface area contributed by atoms with Gasteiger partial charge in [-0.2, -0.15) is 0 Å². The van der Waals surface area contributed by atoms with E-state index in [1.54, 1.807) is 11.3 Å². The number of aryl methyl sites for hydroxylation is 1. The number of thiazole rings is 1. The molecule has 5 heteroatoms. The summed E-state index contributed by atoms with van der Waals surface area (Å²) in [5.41, 5.74) is 4.69. The monoisotopic (exact) mass is 335 g/mol. The van der Waals surface area contributed by atoms with Gasteiger partial charge in [0.1, 0.15) is 0 Å². The lowest BCUT2D eigenvalue weighted by molar-refractivity contribution is 0.992. The first kappa shape index (κ1) is 12.7. The summed E-state index contributed by atoms with van der Waals surface area (Å²) in [7, 11) is 0. The molecule has 0 aliphatic carbocycles. The molecule has 0 unspecified atom stereocenters. The minimum absolute atomic E-state index is 0.779. The van der Waals surface area contributed by atoms with Crippen LogP contribution in [0.1, 0.15) is 17.0 Å². The SMILES string of the molecule is Cc1nc2sccn2c1CNc1cccc(Br)c1C. The minimum Gasteiger partial charge on any atom is -0.379 e. The number of anilines is 1. The Morgan fingerprint density at radius 1 is 1.37 bits per heavy atom. The smallest absolute Gasteiger partial charge is 0.194 e. The Balaban J connectivity index is 1.88. The van der Waals surface area contributed by atoms with E-state index >= 15 is 0 Å². The Morgan fingerprint density at radius 2 is 2.21 bits per heavy atom. The second-order valence-electron chi connectivity index (χ2n) is 4.47. The molecule has 0 fully saturated rings. The molecule has 0 aliphatic rings. The van der Waals surface area contributed by atoms with Gasteiger partial charge in [-0.05, 0) is 31.5 Å². The fourth-order valence-corrected chi connectivity index (χ4v) is 3.28. The number of hydrogen-bond acceptors (Lipinski definition) is 3. The van der Waals surface area contributed by atoms with Gasteiger partial charge >= 0.3 is 0 Å². The van der Waals surface area contributed by atoms with Crippen molar-refractivity contribution in [3.8, 4) is 0 Å². The first-order valence-corrected chi connectivity index (χ1v) is 7.74. The molecule has 0 bridgehead atoms. The van der Waals surface area contributed by atoms with Crippen LogP contribution < -0.4 is 5.32 Å². The van der Waals surface area contributed by atoms with Gasteiger partial charge in [-0.1, -0.05) is 22.0 Å². The molecular formula is C14H14BrN3S. The van der Waals surface area contributed by atoms with Gasteiger partial charge in [0.15, 0.2) is 4.96 Å². The number of hydrogen-bond donors (Lipinski definition) is 1. The van der Waals surface area contributed by atoms with Crippen molar-refractivity contribution < 1.29 is 0 Å². The minimum atomic E-state index is 0.779. The molecule has 0 radical (unpaired) electrons. The van der Waals surface area contributed by atoms with Crippen LogP contribution in [0.4, 0.5) is 5.69 Å². The number of halogens is 1. The topological polar surface area (TPSA) is 29.3 Å². The lowest BCUT2D eigenvalue weighted by atomic mass is 10.2. The second-order valence-corrected chi connectivity index (χ2v) is 6.19. The van der Waals surface area contributed by atoms with Crippen molar-refractivity contribution in [2.45, 2.75) is 20.4 Å². The van der Waals surface area contributed by atoms with Gasteiger partial charge in [0, 0.05) is 21.7 Å². The molecule has 0 amide bonds. The summed E-state index contributed by atoms with van der Waals surface area (Å²) in [6, 6.07) is 6.20. The molecule has 0 saturated heterocycles. The van der Waals surface area contributed by atoms with Crippen LogP contribution in [0.15, 0.2) is 34.2 Å². The maximum Gasteiger partial charge on any atom is 0.194 e. The number of benzene rings is 1. The molecule has 2 aromatic heterocycles. The van der Waals surface area contributed by atoms with Gasteiger partial charge in [-0.25, -0.2) is 4.98 Å². The van der Waals surface area contributed by atoms with Crippen molar-refractivity contribution in [3.63, 3.8) is 0 Å². The summed E-state index contributed by atoms with van der Waals surface area (Å²) in [6.45, 7) is 4.95. The van der Waals surface area contributed by atoms with Crippen molar-refractivity contribution in [2.75, 3.05) is 5.32 Å². The van der Waals surface area contributed by atoms with E-state index < -0.39 is 0 Å². The summed E-state index contributed by atoms with van der Waals surface area (Å²) >= 11 is 5.22. The maximum absolute atomic E-state index is 4.56. The molecule has 1 N–H and O–H groups in total. The van der Waals surface area contributed by atoms with Crippen LogP contribution in [-0.2, 0) is 6.54 Å². The van der Waals surface area contributed by atoms with Crippen molar-refractivity contribution >= 4 is 37.9 Å². The van der Waals surface area contributed by atoms with Gasteiger partial charge in [-0.15, -0.1) is 11.3 Å².